The minimum Gasteiger partial charge on any atom is -0.454 e. The minimum absolute atomic E-state index is 0.186. The average molecular weight is 427 g/mol. The molecular formula is C22H22FN3O5. The molecule has 0 unspecified atom stereocenters. The number of likely N-dealkylation sites (tertiary alicyclic amines) is 1. The summed E-state index contributed by atoms with van der Waals surface area (Å²) >= 11 is 0. The number of hydrogen-bond acceptors (Lipinski definition) is 7. The predicted molar refractivity (Wildman–Crippen MR) is 110 cm³/mol. The number of ether oxygens (including phenoxy) is 3. The number of carbonyl (C=O) groups excluding carboxylic acids is 1. The maximum atomic E-state index is 13.3. The highest BCUT2D eigenvalue weighted by molar-refractivity contribution is 5.85. The number of benzene rings is 2. The molecule has 0 bridgehead atoms. The summed E-state index contributed by atoms with van der Waals surface area (Å²) in [6.45, 7) is 2.88. The Hall–Kier alpha value is -3.33. The normalized spacial score (nSPS) is 16.5. The summed E-state index contributed by atoms with van der Waals surface area (Å²) in [5.41, 5.74) is 1.98. The van der Waals surface area contributed by atoms with Gasteiger partial charge in [0.1, 0.15) is 12.4 Å². The maximum absolute atomic E-state index is 13.3. The van der Waals surface area contributed by atoms with Crippen LogP contribution in [0.4, 0.5) is 14.9 Å². The molecule has 0 aliphatic carbocycles. The van der Waals surface area contributed by atoms with Crippen LogP contribution in [0.2, 0.25) is 0 Å². The molecule has 1 amide bonds. The molecule has 8 nitrogen and oxygen atoms in total. The lowest BCUT2D eigenvalue weighted by atomic mass is 9.91. The number of nitrogens with zero attached hydrogens (tertiary/aromatic N) is 2. The van der Waals surface area contributed by atoms with Gasteiger partial charge in [-0.05, 0) is 50.2 Å². The second-order valence-electron chi connectivity index (χ2n) is 7.65. The van der Waals surface area contributed by atoms with E-state index in [0.29, 0.717) is 35.9 Å². The summed E-state index contributed by atoms with van der Waals surface area (Å²) in [6, 6.07) is 9.72. The van der Waals surface area contributed by atoms with Gasteiger partial charge in [-0.25, -0.2) is 9.18 Å². The third kappa shape index (κ3) is 4.27. The van der Waals surface area contributed by atoms with Crippen molar-refractivity contribution in [3.05, 3.63) is 47.9 Å². The number of piperidine rings is 1. The van der Waals surface area contributed by atoms with Gasteiger partial charge in [-0.3, -0.25) is 10.2 Å². The van der Waals surface area contributed by atoms with Crippen molar-refractivity contribution in [2.45, 2.75) is 18.8 Å². The van der Waals surface area contributed by atoms with Crippen LogP contribution in [-0.4, -0.2) is 49.2 Å². The van der Waals surface area contributed by atoms with Gasteiger partial charge in [0.25, 0.3) is 0 Å². The van der Waals surface area contributed by atoms with Gasteiger partial charge < -0.3 is 18.7 Å². The molecule has 0 spiro atoms. The Morgan fingerprint density at radius 1 is 1.16 bits per heavy atom. The second-order valence-corrected chi connectivity index (χ2v) is 7.65. The van der Waals surface area contributed by atoms with E-state index in [1.54, 1.807) is 24.3 Å². The summed E-state index contributed by atoms with van der Waals surface area (Å²) in [7, 11) is 0. The van der Waals surface area contributed by atoms with E-state index < -0.39 is 6.09 Å². The summed E-state index contributed by atoms with van der Waals surface area (Å²) in [6.07, 6.45) is 1.33. The molecule has 2 aromatic carbocycles. The largest absolute Gasteiger partial charge is 0.454 e. The third-order valence-electron chi connectivity index (χ3n) is 5.70. The highest BCUT2D eigenvalue weighted by Gasteiger charge is 2.25. The van der Waals surface area contributed by atoms with Gasteiger partial charge >= 0.3 is 6.09 Å². The molecule has 5 rings (SSSR count). The van der Waals surface area contributed by atoms with Crippen LogP contribution in [-0.2, 0) is 4.74 Å². The monoisotopic (exact) mass is 427 g/mol. The Labute approximate surface area is 177 Å². The molecule has 1 N–H and O–H groups in total. The van der Waals surface area contributed by atoms with Crippen LogP contribution >= 0.6 is 0 Å². The van der Waals surface area contributed by atoms with Crippen LogP contribution in [0.15, 0.2) is 40.9 Å². The van der Waals surface area contributed by atoms with Gasteiger partial charge in [0.2, 0.25) is 6.79 Å². The number of aromatic nitrogens is 1. The van der Waals surface area contributed by atoms with E-state index in [1.165, 1.54) is 12.1 Å². The minimum atomic E-state index is -0.505. The van der Waals surface area contributed by atoms with E-state index in [9.17, 15) is 9.18 Å². The Kier molecular flexibility index (Phi) is 5.33. The molecule has 162 valence electrons. The fraction of sp³-hybridized carbons (Fsp3) is 0.364. The number of halogens is 1. The highest BCUT2D eigenvalue weighted by atomic mass is 19.1. The number of anilines is 1. The molecule has 31 heavy (non-hydrogen) atoms. The molecule has 1 fully saturated rings. The molecule has 0 radical (unpaired) electrons. The standard InChI is InChI=1S/C22H22FN3O5/c23-15-1-3-17-19(11-15)31-25-21(17)14-5-7-26(8-6-14)9-10-28-22(27)24-16-2-4-18-20(12-16)30-13-29-18/h1-4,11-12,14H,5-10,13H2,(H,24,27). The van der Waals surface area contributed by atoms with Gasteiger partial charge in [-0.1, -0.05) is 5.16 Å². The van der Waals surface area contributed by atoms with Crippen LogP contribution in [0.3, 0.4) is 0 Å². The van der Waals surface area contributed by atoms with Gasteiger partial charge in [-0.15, -0.1) is 0 Å². The first kappa shape index (κ1) is 19.6. The average Bonchev–Trinajstić information content (AvgIpc) is 3.40. The number of carbonyl (C=O) groups is 1. The number of hydrogen-bond donors (Lipinski definition) is 1. The lowest BCUT2D eigenvalue weighted by Gasteiger charge is -2.30. The van der Waals surface area contributed by atoms with Gasteiger partial charge in [0.15, 0.2) is 17.1 Å². The zero-order valence-electron chi connectivity index (χ0n) is 16.8. The molecule has 9 heteroatoms. The zero-order chi connectivity index (χ0) is 21.2. The highest BCUT2D eigenvalue weighted by Crippen LogP contribution is 2.34. The maximum Gasteiger partial charge on any atom is 0.411 e. The Balaban J connectivity index is 1.07. The number of fused-ring (bicyclic) bond motifs is 2. The van der Waals surface area contributed by atoms with Crippen molar-refractivity contribution in [2.75, 3.05) is 38.4 Å². The second kappa shape index (κ2) is 8.43. The fourth-order valence-corrected chi connectivity index (χ4v) is 4.05. The van der Waals surface area contributed by atoms with Crippen molar-refractivity contribution >= 4 is 22.7 Å². The summed E-state index contributed by atoms with van der Waals surface area (Å²) < 4.78 is 34.5. The lowest BCUT2D eigenvalue weighted by Crippen LogP contribution is -2.36. The van der Waals surface area contributed by atoms with Crippen molar-refractivity contribution < 1.29 is 27.9 Å². The van der Waals surface area contributed by atoms with Crippen molar-refractivity contribution in [1.29, 1.82) is 0 Å². The Morgan fingerprint density at radius 3 is 2.87 bits per heavy atom. The Morgan fingerprint density at radius 2 is 2.00 bits per heavy atom. The predicted octanol–water partition coefficient (Wildman–Crippen LogP) is 4.12. The topological polar surface area (TPSA) is 86.1 Å². The number of rotatable bonds is 5. The molecule has 3 heterocycles. The fourth-order valence-electron chi connectivity index (χ4n) is 4.05. The van der Waals surface area contributed by atoms with Crippen LogP contribution in [0.25, 0.3) is 11.0 Å². The van der Waals surface area contributed by atoms with Crippen LogP contribution in [0.5, 0.6) is 11.5 Å². The molecule has 2 aliphatic rings. The van der Waals surface area contributed by atoms with Gasteiger partial charge in [0.05, 0.1) is 5.69 Å². The van der Waals surface area contributed by atoms with E-state index in [4.69, 9.17) is 18.7 Å². The SMILES string of the molecule is O=C(Nc1ccc2c(c1)OCO2)OCCN1CCC(c2noc3cc(F)ccc23)CC1. The number of amides is 1. The van der Waals surface area contributed by atoms with Crippen molar-refractivity contribution in [3.8, 4) is 11.5 Å². The van der Waals surface area contributed by atoms with E-state index in [1.807, 2.05) is 0 Å². The molecule has 1 aromatic heterocycles. The van der Waals surface area contributed by atoms with E-state index >= 15 is 0 Å². The first-order chi connectivity index (χ1) is 15.2. The first-order valence-corrected chi connectivity index (χ1v) is 10.3. The third-order valence-corrected chi connectivity index (χ3v) is 5.70. The summed E-state index contributed by atoms with van der Waals surface area (Å²) in [5.74, 6) is 1.21. The molecule has 1 saturated heterocycles. The quantitative estimate of drug-likeness (QED) is 0.655. The lowest BCUT2D eigenvalue weighted by molar-refractivity contribution is 0.128. The Bertz CT molecular complexity index is 1090. The van der Waals surface area contributed by atoms with Crippen LogP contribution in [0.1, 0.15) is 24.5 Å². The van der Waals surface area contributed by atoms with Gasteiger partial charge in [-0.2, -0.15) is 0 Å². The van der Waals surface area contributed by atoms with Crippen LogP contribution < -0.4 is 14.8 Å². The molecular weight excluding hydrogens is 405 g/mol. The van der Waals surface area contributed by atoms with Gasteiger partial charge in [0, 0.05) is 35.7 Å². The zero-order valence-corrected chi connectivity index (χ0v) is 16.8. The van der Waals surface area contributed by atoms with Crippen molar-refractivity contribution in [3.63, 3.8) is 0 Å². The molecule has 3 aromatic rings. The molecule has 2 aliphatic heterocycles. The summed E-state index contributed by atoms with van der Waals surface area (Å²) in [5, 5.41) is 7.75. The van der Waals surface area contributed by atoms with Crippen molar-refractivity contribution in [2.24, 2.45) is 0 Å². The molecule has 0 atom stereocenters. The van der Waals surface area contributed by atoms with E-state index in [2.05, 4.69) is 15.4 Å². The first-order valence-electron chi connectivity index (χ1n) is 10.3. The smallest absolute Gasteiger partial charge is 0.411 e. The van der Waals surface area contributed by atoms with Crippen LogP contribution in [0, 0.1) is 5.82 Å². The summed E-state index contributed by atoms with van der Waals surface area (Å²) in [4.78, 5) is 14.3. The number of nitrogens with one attached hydrogen (secondary N) is 1. The van der Waals surface area contributed by atoms with E-state index in [0.717, 1.165) is 37.0 Å². The van der Waals surface area contributed by atoms with Crippen molar-refractivity contribution in [1.82, 2.24) is 10.1 Å². The van der Waals surface area contributed by atoms with E-state index in [-0.39, 0.29) is 18.5 Å². The molecule has 0 saturated carbocycles.